The van der Waals surface area contributed by atoms with Crippen molar-refractivity contribution in [3.63, 3.8) is 0 Å². The molecule has 0 bridgehead atoms. The van der Waals surface area contributed by atoms with E-state index < -0.39 is 0 Å². The van der Waals surface area contributed by atoms with Crippen molar-refractivity contribution in [2.24, 2.45) is 0 Å². The molecule has 0 spiro atoms. The van der Waals surface area contributed by atoms with Crippen LogP contribution < -0.4 is 5.56 Å². The van der Waals surface area contributed by atoms with Crippen molar-refractivity contribution in [3.8, 4) is 0 Å². The molecule has 0 aliphatic carbocycles. The van der Waals surface area contributed by atoms with Gasteiger partial charge in [0.25, 0.3) is 11.5 Å². The first-order valence-electron chi connectivity index (χ1n) is 7.51. The van der Waals surface area contributed by atoms with Crippen LogP contribution in [0, 0.1) is 6.92 Å². The SMILES string of the molecule is Cc1cn2c(=O)c(C(=O)N3CCCC3CCCO)cnc2s1. The fraction of sp³-hybridized carbons (Fsp3) is 0.533. The minimum Gasteiger partial charge on any atom is -0.396 e. The monoisotopic (exact) mass is 321 g/mol. The highest BCUT2D eigenvalue weighted by Crippen LogP contribution is 2.23. The molecule has 2 aromatic rings. The third-order valence-corrected chi connectivity index (χ3v) is 5.00. The molecule has 1 aliphatic heterocycles. The Labute approximate surface area is 132 Å². The van der Waals surface area contributed by atoms with Gasteiger partial charge in [-0.05, 0) is 32.6 Å². The molecule has 1 aliphatic rings. The van der Waals surface area contributed by atoms with Crippen LogP contribution in [-0.4, -0.2) is 44.5 Å². The molecular formula is C15H19N3O3S. The lowest BCUT2D eigenvalue weighted by atomic mass is 10.1. The number of rotatable bonds is 4. The smallest absolute Gasteiger partial charge is 0.271 e. The lowest BCUT2D eigenvalue weighted by Gasteiger charge is -2.24. The molecule has 0 radical (unpaired) electrons. The van der Waals surface area contributed by atoms with E-state index in [1.165, 1.54) is 21.9 Å². The fourth-order valence-corrected chi connectivity index (χ4v) is 3.81. The van der Waals surface area contributed by atoms with Gasteiger partial charge in [-0.3, -0.25) is 14.0 Å². The Morgan fingerprint density at radius 1 is 1.55 bits per heavy atom. The van der Waals surface area contributed by atoms with Gasteiger partial charge < -0.3 is 10.0 Å². The highest BCUT2D eigenvalue weighted by molar-refractivity contribution is 7.16. The van der Waals surface area contributed by atoms with Crippen molar-refractivity contribution < 1.29 is 9.90 Å². The molecule has 1 atom stereocenters. The number of likely N-dealkylation sites (tertiary alicyclic amines) is 1. The Balaban J connectivity index is 1.91. The Kier molecular flexibility index (Phi) is 4.26. The Morgan fingerprint density at radius 2 is 2.36 bits per heavy atom. The molecular weight excluding hydrogens is 302 g/mol. The number of thiazole rings is 1. The van der Waals surface area contributed by atoms with Crippen LogP contribution in [0.5, 0.6) is 0 Å². The first-order chi connectivity index (χ1) is 10.6. The average Bonchev–Trinajstić information content (AvgIpc) is 3.11. The van der Waals surface area contributed by atoms with Gasteiger partial charge in [0.05, 0.1) is 0 Å². The standard InChI is InChI=1S/C15H19N3O3S/c1-10-9-18-14(21)12(8-16-15(18)22-10)13(20)17-6-2-4-11(17)5-3-7-19/h8-9,11,19H,2-7H2,1H3. The van der Waals surface area contributed by atoms with Gasteiger partial charge in [0.2, 0.25) is 0 Å². The molecule has 2 aromatic heterocycles. The number of fused-ring (bicyclic) bond motifs is 1. The molecule has 1 saturated heterocycles. The summed E-state index contributed by atoms with van der Waals surface area (Å²) < 4.78 is 1.45. The summed E-state index contributed by atoms with van der Waals surface area (Å²) in [4.78, 5) is 32.8. The second-order valence-corrected chi connectivity index (χ2v) is 6.85. The van der Waals surface area contributed by atoms with Crippen LogP contribution in [0.1, 0.15) is 40.9 Å². The Bertz CT molecular complexity index is 752. The lowest BCUT2D eigenvalue weighted by Crippen LogP contribution is -2.39. The van der Waals surface area contributed by atoms with Gasteiger partial charge in [0.1, 0.15) is 5.56 Å². The molecule has 22 heavy (non-hydrogen) atoms. The summed E-state index contributed by atoms with van der Waals surface area (Å²) in [6, 6.07) is 0.115. The van der Waals surface area contributed by atoms with Gasteiger partial charge in [0.15, 0.2) is 4.96 Å². The molecule has 0 aromatic carbocycles. The molecule has 1 fully saturated rings. The predicted octanol–water partition coefficient (Wildman–Crippen LogP) is 1.44. The zero-order valence-corrected chi connectivity index (χ0v) is 13.3. The van der Waals surface area contributed by atoms with Gasteiger partial charge >= 0.3 is 0 Å². The second kappa shape index (κ2) is 6.18. The van der Waals surface area contributed by atoms with Gasteiger partial charge in [-0.2, -0.15) is 0 Å². The molecule has 1 N–H and O–H groups in total. The molecule has 3 rings (SSSR count). The number of nitrogens with zero attached hydrogens (tertiary/aromatic N) is 3. The zero-order chi connectivity index (χ0) is 15.7. The van der Waals surface area contributed by atoms with Crippen LogP contribution in [0.15, 0.2) is 17.2 Å². The third-order valence-electron chi connectivity index (χ3n) is 4.09. The van der Waals surface area contributed by atoms with E-state index in [-0.39, 0.29) is 29.7 Å². The molecule has 0 saturated carbocycles. The maximum Gasteiger partial charge on any atom is 0.271 e. The topological polar surface area (TPSA) is 74.9 Å². The van der Waals surface area contributed by atoms with Crippen LogP contribution in [0.25, 0.3) is 4.96 Å². The number of hydrogen-bond acceptors (Lipinski definition) is 5. The number of carbonyl (C=O) groups excluding carboxylic acids is 1. The van der Waals surface area contributed by atoms with Gasteiger partial charge in [-0.15, -0.1) is 11.3 Å². The third kappa shape index (κ3) is 2.66. The van der Waals surface area contributed by atoms with Crippen LogP contribution >= 0.6 is 11.3 Å². The summed E-state index contributed by atoms with van der Waals surface area (Å²) in [6.07, 6.45) is 6.44. The summed E-state index contributed by atoms with van der Waals surface area (Å²) in [5, 5.41) is 8.97. The quantitative estimate of drug-likeness (QED) is 0.925. The predicted molar refractivity (Wildman–Crippen MR) is 84.5 cm³/mol. The maximum atomic E-state index is 12.7. The van der Waals surface area contributed by atoms with E-state index >= 15 is 0 Å². The summed E-state index contributed by atoms with van der Waals surface area (Å²) in [5.41, 5.74) is -0.168. The zero-order valence-electron chi connectivity index (χ0n) is 12.5. The number of aliphatic hydroxyl groups is 1. The van der Waals surface area contributed by atoms with Crippen molar-refractivity contribution in [3.05, 3.63) is 33.2 Å². The minimum atomic E-state index is -0.299. The van der Waals surface area contributed by atoms with Gasteiger partial charge in [0, 0.05) is 36.5 Å². The number of aliphatic hydroxyl groups excluding tert-OH is 1. The van der Waals surface area contributed by atoms with E-state index in [1.54, 1.807) is 11.1 Å². The normalized spacial score (nSPS) is 18.3. The van der Waals surface area contributed by atoms with Gasteiger partial charge in [-0.25, -0.2) is 4.98 Å². The van der Waals surface area contributed by atoms with Crippen molar-refractivity contribution in [2.45, 2.75) is 38.6 Å². The van der Waals surface area contributed by atoms with Crippen LogP contribution in [0.3, 0.4) is 0 Å². The van der Waals surface area contributed by atoms with E-state index in [2.05, 4.69) is 4.98 Å². The van der Waals surface area contributed by atoms with Crippen LogP contribution in [-0.2, 0) is 0 Å². The Morgan fingerprint density at radius 3 is 3.14 bits per heavy atom. The first-order valence-corrected chi connectivity index (χ1v) is 8.33. The van der Waals surface area contributed by atoms with Crippen LogP contribution in [0.4, 0.5) is 0 Å². The van der Waals surface area contributed by atoms with Gasteiger partial charge in [-0.1, -0.05) is 0 Å². The summed E-state index contributed by atoms with van der Waals surface area (Å²) in [7, 11) is 0. The second-order valence-electron chi connectivity index (χ2n) is 5.63. The van der Waals surface area contributed by atoms with E-state index in [0.717, 1.165) is 24.1 Å². The Hall–Kier alpha value is -1.73. The van der Waals surface area contributed by atoms with E-state index in [0.29, 0.717) is 17.9 Å². The van der Waals surface area contributed by atoms with Crippen molar-refractivity contribution in [1.82, 2.24) is 14.3 Å². The summed E-state index contributed by atoms with van der Waals surface area (Å²) in [5.74, 6) is -0.240. The minimum absolute atomic E-state index is 0.115. The molecule has 6 nitrogen and oxygen atoms in total. The van der Waals surface area contributed by atoms with E-state index in [4.69, 9.17) is 5.11 Å². The highest BCUT2D eigenvalue weighted by Gasteiger charge is 2.30. The van der Waals surface area contributed by atoms with E-state index in [9.17, 15) is 9.59 Å². The number of aryl methyl sites for hydroxylation is 1. The largest absolute Gasteiger partial charge is 0.396 e. The number of hydrogen-bond donors (Lipinski definition) is 1. The molecule has 1 unspecified atom stereocenters. The number of amides is 1. The summed E-state index contributed by atoms with van der Waals surface area (Å²) >= 11 is 1.43. The average molecular weight is 321 g/mol. The number of carbonyl (C=O) groups is 1. The fourth-order valence-electron chi connectivity index (χ4n) is 3.03. The first kappa shape index (κ1) is 15.2. The molecule has 7 heteroatoms. The van der Waals surface area contributed by atoms with Crippen LogP contribution in [0.2, 0.25) is 0 Å². The van der Waals surface area contributed by atoms with Crippen molar-refractivity contribution >= 4 is 22.2 Å². The molecule has 3 heterocycles. The van der Waals surface area contributed by atoms with Crippen molar-refractivity contribution in [1.29, 1.82) is 0 Å². The lowest BCUT2D eigenvalue weighted by molar-refractivity contribution is 0.0722. The molecule has 1 amide bonds. The maximum absolute atomic E-state index is 12.7. The van der Waals surface area contributed by atoms with Crippen molar-refractivity contribution in [2.75, 3.05) is 13.2 Å². The number of aromatic nitrogens is 2. The highest BCUT2D eigenvalue weighted by atomic mass is 32.1. The summed E-state index contributed by atoms with van der Waals surface area (Å²) in [6.45, 7) is 2.70. The molecule has 118 valence electrons. The van der Waals surface area contributed by atoms with E-state index in [1.807, 2.05) is 6.92 Å².